The van der Waals surface area contributed by atoms with E-state index >= 15 is 0 Å². The van der Waals surface area contributed by atoms with E-state index < -0.39 is 0 Å². The SMILES string of the molecule is O=C(CN[C@H](c1ccccc1)c1ccco1)Nc1ccc(N2CCCCCC2)cc1. The van der Waals surface area contributed by atoms with Gasteiger partial charge in [-0.25, -0.2) is 0 Å². The summed E-state index contributed by atoms with van der Waals surface area (Å²) in [5.74, 6) is 0.709. The van der Waals surface area contributed by atoms with Crippen molar-refractivity contribution in [1.29, 1.82) is 0 Å². The molecule has 30 heavy (non-hydrogen) atoms. The third-order valence-corrected chi connectivity index (χ3v) is 5.55. The normalized spacial score (nSPS) is 15.4. The maximum Gasteiger partial charge on any atom is 0.238 e. The van der Waals surface area contributed by atoms with E-state index in [0.717, 1.165) is 30.1 Å². The first-order valence-corrected chi connectivity index (χ1v) is 10.8. The molecule has 0 saturated carbocycles. The summed E-state index contributed by atoms with van der Waals surface area (Å²) >= 11 is 0. The zero-order valence-corrected chi connectivity index (χ0v) is 17.2. The van der Waals surface area contributed by atoms with Crippen molar-refractivity contribution in [2.75, 3.05) is 29.9 Å². The number of hydrogen-bond donors (Lipinski definition) is 2. The number of nitrogens with one attached hydrogen (secondary N) is 2. The Morgan fingerprint density at radius 3 is 2.30 bits per heavy atom. The van der Waals surface area contributed by atoms with Crippen LogP contribution in [-0.4, -0.2) is 25.5 Å². The van der Waals surface area contributed by atoms with E-state index in [9.17, 15) is 4.79 Å². The Bertz CT molecular complexity index is 899. The second-order valence-corrected chi connectivity index (χ2v) is 7.74. The molecular formula is C25H29N3O2. The Kier molecular flexibility index (Phi) is 6.83. The number of furan rings is 1. The van der Waals surface area contributed by atoms with Gasteiger partial charge in [0.2, 0.25) is 5.91 Å². The topological polar surface area (TPSA) is 57.5 Å². The summed E-state index contributed by atoms with van der Waals surface area (Å²) in [4.78, 5) is 15.0. The van der Waals surface area contributed by atoms with Crippen molar-refractivity contribution >= 4 is 17.3 Å². The predicted molar refractivity (Wildman–Crippen MR) is 121 cm³/mol. The maximum atomic E-state index is 12.5. The molecule has 5 nitrogen and oxygen atoms in total. The first-order chi connectivity index (χ1) is 14.8. The van der Waals surface area contributed by atoms with Gasteiger partial charge >= 0.3 is 0 Å². The second kappa shape index (κ2) is 10.1. The molecule has 3 aromatic rings. The summed E-state index contributed by atoms with van der Waals surface area (Å²) in [5.41, 5.74) is 3.10. The highest BCUT2D eigenvalue weighted by Crippen LogP contribution is 2.23. The average molecular weight is 404 g/mol. The number of nitrogens with zero attached hydrogens (tertiary/aromatic N) is 1. The van der Waals surface area contributed by atoms with Gasteiger partial charge in [-0.2, -0.15) is 0 Å². The summed E-state index contributed by atoms with van der Waals surface area (Å²) in [5, 5.41) is 6.30. The third kappa shape index (κ3) is 5.30. The van der Waals surface area contributed by atoms with Crippen LogP contribution < -0.4 is 15.5 Å². The van der Waals surface area contributed by atoms with Gasteiger partial charge in [0.15, 0.2) is 0 Å². The molecule has 5 heteroatoms. The van der Waals surface area contributed by atoms with Crippen LogP contribution in [0.25, 0.3) is 0 Å². The molecule has 0 radical (unpaired) electrons. The first-order valence-electron chi connectivity index (χ1n) is 10.8. The Labute approximate surface area is 178 Å². The van der Waals surface area contributed by atoms with Crippen LogP contribution in [0.3, 0.4) is 0 Å². The third-order valence-electron chi connectivity index (χ3n) is 5.55. The van der Waals surface area contributed by atoms with Gasteiger partial charge in [-0.3, -0.25) is 10.1 Å². The van der Waals surface area contributed by atoms with Gasteiger partial charge in [-0.1, -0.05) is 43.2 Å². The number of amides is 1. The van der Waals surface area contributed by atoms with Crippen LogP contribution in [-0.2, 0) is 4.79 Å². The van der Waals surface area contributed by atoms with E-state index in [1.807, 2.05) is 54.6 Å². The maximum absolute atomic E-state index is 12.5. The second-order valence-electron chi connectivity index (χ2n) is 7.74. The fraction of sp³-hybridized carbons (Fsp3) is 0.320. The minimum atomic E-state index is -0.169. The number of hydrogen-bond acceptors (Lipinski definition) is 4. The van der Waals surface area contributed by atoms with Gasteiger partial charge in [0.25, 0.3) is 0 Å². The Balaban J connectivity index is 1.34. The lowest BCUT2D eigenvalue weighted by atomic mass is 10.0. The van der Waals surface area contributed by atoms with Gasteiger partial charge in [0, 0.05) is 24.5 Å². The van der Waals surface area contributed by atoms with E-state index in [1.165, 1.54) is 31.4 Å². The van der Waals surface area contributed by atoms with Crippen molar-refractivity contribution in [2.24, 2.45) is 0 Å². The number of rotatable bonds is 7. The molecule has 0 bridgehead atoms. The molecule has 1 aliphatic rings. The van der Waals surface area contributed by atoms with Crippen molar-refractivity contribution in [1.82, 2.24) is 5.32 Å². The standard InChI is InChI=1S/C25H29N3O2/c29-24(19-26-25(23-11-8-18-30-23)20-9-4-3-5-10-20)27-21-12-14-22(15-13-21)28-16-6-1-2-7-17-28/h3-5,8-15,18,25-26H,1-2,6-7,16-17,19H2,(H,27,29)/t25-/m1/s1. The van der Waals surface area contributed by atoms with Gasteiger partial charge in [-0.15, -0.1) is 0 Å². The fourth-order valence-corrected chi connectivity index (χ4v) is 3.97. The summed E-state index contributed by atoms with van der Waals surface area (Å²) in [7, 11) is 0. The molecule has 156 valence electrons. The fourth-order valence-electron chi connectivity index (χ4n) is 3.97. The van der Waals surface area contributed by atoms with Crippen LogP contribution in [0, 0.1) is 0 Å². The van der Waals surface area contributed by atoms with Crippen molar-refractivity contribution in [3.8, 4) is 0 Å². The summed E-state index contributed by atoms with van der Waals surface area (Å²) in [6.07, 6.45) is 6.79. The van der Waals surface area contributed by atoms with Crippen LogP contribution in [0.4, 0.5) is 11.4 Å². The largest absolute Gasteiger partial charge is 0.467 e. The quantitative estimate of drug-likeness (QED) is 0.584. The summed E-state index contributed by atoms with van der Waals surface area (Å²) in [6.45, 7) is 2.42. The number of carbonyl (C=O) groups is 1. The molecule has 1 amide bonds. The van der Waals surface area contributed by atoms with E-state index in [0.29, 0.717) is 0 Å². The lowest BCUT2D eigenvalue weighted by Crippen LogP contribution is -2.31. The highest BCUT2D eigenvalue weighted by atomic mass is 16.3. The molecular weight excluding hydrogens is 374 g/mol. The Morgan fingerprint density at radius 2 is 1.63 bits per heavy atom. The first kappa shape index (κ1) is 20.2. The lowest BCUT2D eigenvalue weighted by molar-refractivity contribution is -0.115. The summed E-state index contributed by atoms with van der Waals surface area (Å²) < 4.78 is 5.58. The molecule has 0 unspecified atom stereocenters. The van der Waals surface area contributed by atoms with Crippen molar-refractivity contribution < 1.29 is 9.21 Å². The predicted octanol–water partition coefficient (Wildman–Crippen LogP) is 4.98. The summed E-state index contributed by atoms with van der Waals surface area (Å²) in [6, 6.07) is 21.8. The van der Waals surface area contributed by atoms with E-state index in [2.05, 4.69) is 27.7 Å². The smallest absolute Gasteiger partial charge is 0.238 e. The van der Waals surface area contributed by atoms with E-state index in [4.69, 9.17) is 4.42 Å². The number of carbonyl (C=O) groups excluding carboxylic acids is 1. The molecule has 1 aromatic heterocycles. The minimum Gasteiger partial charge on any atom is -0.467 e. The molecule has 1 saturated heterocycles. The van der Waals surface area contributed by atoms with Crippen molar-refractivity contribution in [3.05, 3.63) is 84.3 Å². The minimum absolute atomic E-state index is 0.0787. The zero-order valence-electron chi connectivity index (χ0n) is 17.2. The lowest BCUT2D eigenvalue weighted by Gasteiger charge is -2.23. The van der Waals surface area contributed by atoms with Gasteiger partial charge < -0.3 is 14.6 Å². The highest BCUT2D eigenvalue weighted by Gasteiger charge is 2.17. The molecule has 4 rings (SSSR count). The number of benzene rings is 2. The van der Waals surface area contributed by atoms with E-state index in [1.54, 1.807) is 6.26 Å². The molecule has 0 aliphatic carbocycles. The monoisotopic (exact) mass is 403 g/mol. The number of anilines is 2. The van der Waals surface area contributed by atoms with Gasteiger partial charge in [0.1, 0.15) is 5.76 Å². The van der Waals surface area contributed by atoms with Crippen LogP contribution in [0.2, 0.25) is 0 Å². The molecule has 2 aromatic carbocycles. The van der Waals surface area contributed by atoms with Crippen LogP contribution in [0.5, 0.6) is 0 Å². The molecule has 1 aliphatic heterocycles. The molecule has 1 fully saturated rings. The Morgan fingerprint density at radius 1 is 0.900 bits per heavy atom. The van der Waals surface area contributed by atoms with Crippen molar-refractivity contribution in [3.63, 3.8) is 0 Å². The van der Waals surface area contributed by atoms with Crippen molar-refractivity contribution in [2.45, 2.75) is 31.7 Å². The average Bonchev–Trinajstić information content (AvgIpc) is 3.17. The highest BCUT2D eigenvalue weighted by molar-refractivity contribution is 5.92. The Hall–Kier alpha value is -3.05. The van der Waals surface area contributed by atoms with Crippen LogP contribution >= 0.6 is 0 Å². The van der Waals surface area contributed by atoms with Crippen LogP contribution in [0.1, 0.15) is 43.0 Å². The van der Waals surface area contributed by atoms with Crippen LogP contribution in [0.15, 0.2) is 77.4 Å². The molecule has 0 spiro atoms. The molecule has 2 N–H and O–H groups in total. The molecule has 1 atom stereocenters. The van der Waals surface area contributed by atoms with Gasteiger partial charge in [-0.05, 0) is 54.8 Å². The van der Waals surface area contributed by atoms with E-state index in [-0.39, 0.29) is 18.5 Å². The van der Waals surface area contributed by atoms with Gasteiger partial charge in [0.05, 0.1) is 18.8 Å². The zero-order chi connectivity index (χ0) is 20.6. The molecule has 2 heterocycles.